The zero-order chi connectivity index (χ0) is 16.1. The summed E-state index contributed by atoms with van der Waals surface area (Å²) < 4.78 is 10.7. The van der Waals surface area contributed by atoms with Gasteiger partial charge in [-0.25, -0.2) is 4.79 Å². The van der Waals surface area contributed by atoms with Gasteiger partial charge in [-0.3, -0.25) is 4.98 Å². The summed E-state index contributed by atoms with van der Waals surface area (Å²) in [6.07, 6.45) is 3.07. The Hall–Kier alpha value is -1.78. The molecule has 0 saturated carbocycles. The van der Waals surface area contributed by atoms with Crippen molar-refractivity contribution in [2.45, 2.75) is 52.6 Å². The minimum atomic E-state index is -0.490. The SMILES string of the molecule is CC(C)(C)OC(=O)NCCOc1cncc(C(C)(C)C)c1. The molecule has 1 aromatic heterocycles. The molecule has 0 saturated heterocycles. The fourth-order valence-corrected chi connectivity index (χ4v) is 1.54. The molecule has 0 bridgehead atoms. The van der Waals surface area contributed by atoms with Crippen LogP contribution in [-0.2, 0) is 10.2 Å². The van der Waals surface area contributed by atoms with Crippen LogP contribution < -0.4 is 10.1 Å². The fraction of sp³-hybridized carbons (Fsp3) is 0.625. The van der Waals surface area contributed by atoms with Crippen LogP contribution in [0.25, 0.3) is 0 Å². The van der Waals surface area contributed by atoms with E-state index in [4.69, 9.17) is 9.47 Å². The van der Waals surface area contributed by atoms with E-state index < -0.39 is 11.7 Å². The molecule has 1 rings (SSSR count). The van der Waals surface area contributed by atoms with E-state index in [9.17, 15) is 4.79 Å². The smallest absolute Gasteiger partial charge is 0.407 e. The second-order valence-corrected chi connectivity index (χ2v) is 6.94. The number of rotatable bonds is 4. The van der Waals surface area contributed by atoms with E-state index in [2.05, 4.69) is 31.1 Å². The fourth-order valence-electron chi connectivity index (χ4n) is 1.54. The first kappa shape index (κ1) is 17.3. The lowest BCUT2D eigenvalue weighted by molar-refractivity contribution is 0.0520. The quantitative estimate of drug-likeness (QED) is 0.866. The molecular formula is C16H26N2O3. The summed E-state index contributed by atoms with van der Waals surface area (Å²) in [5.41, 5.74) is 0.650. The number of nitrogens with zero attached hydrogens (tertiary/aromatic N) is 1. The summed E-state index contributed by atoms with van der Waals surface area (Å²) in [5, 5.41) is 2.65. The number of nitrogens with one attached hydrogen (secondary N) is 1. The van der Waals surface area contributed by atoms with Crippen molar-refractivity contribution in [3.05, 3.63) is 24.0 Å². The standard InChI is InChI=1S/C16H26N2O3/c1-15(2,3)12-9-13(11-17-10-12)20-8-7-18-14(19)21-16(4,5)6/h9-11H,7-8H2,1-6H3,(H,18,19). The van der Waals surface area contributed by atoms with E-state index in [1.165, 1.54) is 0 Å². The van der Waals surface area contributed by atoms with Gasteiger partial charge in [0.25, 0.3) is 0 Å². The van der Waals surface area contributed by atoms with Crippen LogP contribution in [0.5, 0.6) is 5.75 Å². The Morgan fingerprint density at radius 1 is 1.19 bits per heavy atom. The Kier molecular flexibility index (Phi) is 5.58. The maximum atomic E-state index is 11.5. The lowest BCUT2D eigenvalue weighted by Crippen LogP contribution is -2.34. The summed E-state index contributed by atoms with van der Waals surface area (Å²) >= 11 is 0. The number of hydrogen-bond donors (Lipinski definition) is 1. The van der Waals surface area contributed by atoms with E-state index in [-0.39, 0.29) is 5.41 Å². The number of ether oxygens (including phenoxy) is 2. The molecule has 0 aliphatic rings. The molecule has 0 aromatic carbocycles. The predicted octanol–water partition coefficient (Wildman–Crippen LogP) is 3.28. The molecule has 21 heavy (non-hydrogen) atoms. The number of aromatic nitrogens is 1. The first-order valence-electron chi connectivity index (χ1n) is 7.13. The molecule has 5 nitrogen and oxygen atoms in total. The van der Waals surface area contributed by atoms with Crippen molar-refractivity contribution in [1.29, 1.82) is 0 Å². The Morgan fingerprint density at radius 3 is 2.43 bits per heavy atom. The molecule has 0 unspecified atom stereocenters. The van der Waals surface area contributed by atoms with Crippen molar-refractivity contribution >= 4 is 6.09 Å². The molecule has 1 heterocycles. The van der Waals surface area contributed by atoms with Crippen LogP contribution >= 0.6 is 0 Å². The third kappa shape index (κ3) is 6.97. The lowest BCUT2D eigenvalue weighted by Gasteiger charge is -2.20. The van der Waals surface area contributed by atoms with Crippen LogP contribution in [-0.4, -0.2) is 29.8 Å². The summed E-state index contributed by atoms with van der Waals surface area (Å²) in [4.78, 5) is 15.6. The number of alkyl carbamates (subject to hydrolysis) is 1. The van der Waals surface area contributed by atoms with Gasteiger partial charge in [0.2, 0.25) is 0 Å². The molecule has 0 spiro atoms. The zero-order valence-corrected chi connectivity index (χ0v) is 13.8. The minimum absolute atomic E-state index is 0.0289. The molecule has 0 fully saturated rings. The van der Waals surface area contributed by atoms with Crippen LogP contribution in [0.1, 0.15) is 47.1 Å². The Morgan fingerprint density at radius 2 is 1.86 bits per heavy atom. The average molecular weight is 294 g/mol. The van der Waals surface area contributed by atoms with E-state index in [0.29, 0.717) is 18.9 Å². The van der Waals surface area contributed by atoms with Gasteiger partial charge in [0.15, 0.2) is 0 Å². The molecule has 0 atom stereocenters. The van der Waals surface area contributed by atoms with Crippen LogP contribution in [0, 0.1) is 0 Å². The first-order valence-corrected chi connectivity index (χ1v) is 7.13. The molecule has 0 aliphatic heterocycles. The number of carbonyl (C=O) groups is 1. The Bertz CT molecular complexity index is 473. The highest BCUT2D eigenvalue weighted by molar-refractivity contribution is 5.67. The van der Waals surface area contributed by atoms with E-state index in [1.807, 2.05) is 33.0 Å². The number of carbonyl (C=O) groups excluding carboxylic acids is 1. The van der Waals surface area contributed by atoms with E-state index in [1.54, 1.807) is 6.20 Å². The monoisotopic (exact) mass is 294 g/mol. The summed E-state index contributed by atoms with van der Waals surface area (Å²) in [6, 6.07) is 1.97. The van der Waals surface area contributed by atoms with Gasteiger partial charge in [0.1, 0.15) is 18.0 Å². The molecule has 1 N–H and O–H groups in total. The third-order valence-electron chi connectivity index (χ3n) is 2.62. The van der Waals surface area contributed by atoms with Gasteiger partial charge in [-0.1, -0.05) is 20.8 Å². The van der Waals surface area contributed by atoms with Crippen LogP contribution in [0.4, 0.5) is 4.79 Å². The van der Waals surface area contributed by atoms with Crippen molar-refractivity contribution in [2.24, 2.45) is 0 Å². The van der Waals surface area contributed by atoms with Crippen molar-refractivity contribution < 1.29 is 14.3 Å². The Labute approximate surface area is 127 Å². The third-order valence-corrected chi connectivity index (χ3v) is 2.62. The highest BCUT2D eigenvalue weighted by Crippen LogP contribution is 2.24. The van der Waals surface area contributed by atoms with Gasteiger partial charge in [-0.05, 0) is 37.8 Å². The molecule has 1 aromatic rings. The van der Waals surface area contributed by atoms with Crippen molar-refractivity contribution in [1.82, 2.24) is 10.3 Å². The molecule has 5 heteroatoms. The van der Waals surface area contributed by atoms with Crippen molar-refractivity contribution in [3.8, 4) is 5.75 Å². The summed E-state index contributed by atoms with van der Waals surface area (Å²) in [6.45, 7) is 12.6. The van der Waals surface area contributed by atoms with Crippen LogP contribution in [0.2, 0.25) is 0 Å². The summed E-state index contributed by atoms with van der Waals surface area (Å²) in [5.74, 6) is 0.702. The van der Waals surface area contributed by atoms with Gasteiger partial charge >= 0.3 is 6.09 Å². The molecular weight excluding hydrogens is 268 g/mol. The zero-order valence-electron chi connectivity index (χ0n) is 13.8. The maximum absolute atomic E-state index is 11.5. The lowest BCUT2D eigenvalue weighted by atomic mass is 9.88. The topological polar surface area (TPSA) is 60.5 Å². The Balaban J connectivity index is 2.38. The van der Waals surface area contributed by atoms with E-state index >= 15 is 0 Å². The minimum Gasteiger partial charge on any atom is -0.490 e. The molecule has 0 radical (unpaired) electrons. The molecule has 0 aliphatic carbocycles. The van der Waals surface area contributed by atoms with Crippen LogP contribution in [0.3, 0.4) is 0 Å². The van der Waals surface area contributed by atoms with Gasteiger partial charge in [0, 0.05) is 6.20 Å². The normalized spacial score (nSPS) is 11.9. The maximum Gasteiger partial charge on any atom is 0.407 e. The second-order valence-electron chi connectivity index (χ2n) is 6.94. The highest BCUT2D eigenvalue weighted by Gasteiger charge is 2.16. The van der Waals surface area contributed by atoms with Gasteiger partial charge in [-0.2, -0.15) is 0 Å². The second kappa shape index (κ2) is 6.78. The summed E-state index contributed by atoms with van der Waals surface area (Å²) in [7, 11) is 0. The van der Waals surface area contributed by atoms with Crippen molar-refractivity contribution in [2.75, 3.05) is 13.2 Å². The number of hydrogen-bond acceptors (Lipinski definition) is 4. The van der Waals surface area contributed by atoms with Gasteiger partial charge < -0.3 is 14.8 Å². The van der Waals surface area contributed by atoms with Gasteiger partial charge in [0.05, 0.1) is 12.7 Å². The molecule has 118 valence electrons. The van der Waals surface area contributed by atoms with E-state index in [0.717, 1.165) is 5.56 Å². The molecule has 1 amide bonds. The first-order chi connectivity index (χ1) is 9.58. The van der Waals surface area contributed by atoms with Gasteiger partial charge in [-0.15, -0.1) is 0 Å². The average Bonchev–Trinajstić information content (AvgIpc) is 2.32. The van der Waals surface area contributed by atoms with Crippen molar-refractivity contribution in [3.63, 3.8) is 0 Å². The van der Waals surface area contributed by atoms with Crippen LogP contribution in [0.15, 0.2) is 18.5 Å². The number of pyridine rings is 1. The largest absolute Gasteiger partial charge is 0.490 e. The highest BCUT2D eigenvalue weighted by atomic mass is 16.6. The number of amides is 1. The predicted molar refractivity (Wildman–Crippen MR) is 82.7 cm³/mol.